The molecule has 4 nitrogen and oxygen atoms in total. The maximum Gasteiger partial charge on any atom is 0.191 e. The van der Waals surface area contributed by atoms with Crippen LogP contribution in [-0.4, -0.2) is 17.9 Å². The van der Waals surface area contributed by atoms with Crippen LogP contribution in [0.2, 0.25) is 0 Å². The normalized spacial score (nSPS) is 24.9. The van der Waals surface area contributed by atoms with Crippen molar-refractivity contribution in [2.45, 2.75) is 12.8 Å². The zero-order valence-corrected chi connectivity index (χ0v) is 12.1. The molecule has 0 aromatic heterocycles. The number of hydrogen-bond donors (Lipinski definition) is 2. The average molecular weight is 287 g/mol. The quantitative estimate of drug-likeness (QED) is 0.510. The highest BCUT2D eigenvalue weighted by molar-refractivity contribution is 7.80. The van der Waals surface area contributed by atoms with E-state index in [-0.39, 0.29) is 0 Å². The van der Waals surface area contributed by atoms with E-state index in [4.69, 9.17) is 17.0 Å². The van der Waals surface area contributed by atoms with Crippen LogP contribution in [-0.2, 0) is 0 Å². The first-order valence-electron chi connectivity index (χ1n) is 6.71. The highest BCUT2D eigenvalue weighted by atomic mass is 32.1. The molecular weight excluding hydrogens is 270 g/mol. The number of methoxy groups -OCH3 is 1. The van der Waals surface area contributed by atoms with Gasteiger partial charge in [0.15, 0.2) is 5.11 Å². The van der Waals surface area contributed by atoms with E-state index in [1.807, 2.05) is 24.3 Å². The Kier molecular flexibility index (Phi) is 3.69. The first kappa shape index (κ1) is 13.1. The molecule has 3 rings (SSSR count). The van der Waals surface area contributed by atoms with Crippen LogP contribution in [0.3, 0.4) is 0 Å². The Morgan fingerprint density at radius 2 is 2.25 bits per heavy atom. The molecule has 5 heteroatoms. The summed E-state index contributed by atoms with van der Waals surface area (Å²) in [6, 6.07) is 7.65. The summed E-state index contributed by atoms with van der Waals surface area (Å²) >= 11 is 5.25. The second-order valence-corrected chi connectivity index (χ2v) is 5.42. The topological polar surface area (TPSA) is 45.6 Å². The lowest BCUT2D eigenvalue weighted by atomic mass is 9.74. The number of nitrogens with one attached hydrogen (secondary N) is 2. The van der Waals surface area contributed by atoms with Gasteiger partial charge in [-0.2, -0.15) is 5.10 Å². The van der Waals surface area contributed by atoms with E-state index in [2.05, 4.69) is 28.0 Å². The van der Waals surface area contributed by atoms with Crippen molar-refractivity contribution < 1.29 is 4.74 Å². The Labute approximate surface area is 123 Å². The zero-order valence-electron chi connectivity index (χ0n) is 11.3. The summed E-state index contributed by atoms with van der Waals surface area (Å²) in [5, 5.41) is 7.99. The summed E-state index contributed by atoms with van der Waals surface area (Å²) in [6.07, 6.45) is 6.68. The first-order valence-corrected chi connectivity index (χ1v) is 7.12. The van der Waals surface area contributed by atoms with Crippen LogP contribution in [0.5, 0.6) is 5.75 Å². The van der Waals surface area contributed by atoms with E-state index >= 15 is 0 Å². The van der Waals surface area contributed by atoms with Crippen LogP contribution >= 0.6 is 12.2 Å². The number of nitrogens with zero attached hydrogens (tertiary/aromatic N) is 1. The molecule has 1 fully saturated rings. The lowest BCUT2D eigenvalue weighted by Gasteiger charge is -2.31. The highest BCUT2D eigenvalue weighted by Crippen LogP contribution is 2.40. The number of hydrogen-bond acceptors (Lipinski definition) is 3. The van der Waals surface area contributed by atoms with E-state index in [0.29, 0.717) is 16.9 Å². The maximum atomic E-state index is 5.27. The number of thiocarbonyl (C=S) groups is 1. The van der Waals surface area contributed by atoms with E-state index in [0.717, 1.165) is 24.3 Å². The second-order valence-electron chi connectivity index (χ2n) is 5.01. The number of para-hydroxylation sites is 2. The molecule has 20 heavy (non-hydrogen) atoms. The molecule has 0 spiro atoms. The van der Waals surface area contributed by atoms with Gasteiger partial charge in [0.25, 0.3) is 0 Å². The van der Waals surface area contributed by atoms with Crippen LogP contribution in [0.15, 0.2) is 41.5 Å². The first-order chi connectivity index (χ1) is 9.78. The van der Waals surface area contributed by atoms with Gasteiger partial charge in [0.1, 0.15) is 5.75 Å². The largest absolute Gasteiger partial charge is 0.495 e. The van der Waals surface area contributed by atoms with E-state index in [1.165, 1.54) is 5.71 Å². The van der Waals surface area contributed by atoms with Crippen molar-refractivity contribution in [1.82, 2.24) is 5.43 Å². The Morgan fingerprint density at radius 3 is 3.05 bits per heavy atom. The van der Waals surface area contributed by atoms with E-state index in [9.17, 15) is 0 Å². The number of allylic oxidation sites excluding steroid dienone is 2. The molecule has 0 amide bonds. The molecule has 0 aliphatic heterocycles. The Morgan fingerprint density at radius 1 is 1.40 bits per heavy atom. The third-order valence-electron chi connectivity index (χ3n) is 3.82. The molecule has 2 aliphatic carbocycles. The van der Waals surface area contributed by atoms with Crippen molar-refractivity contribution in [1.29, 1.82) is 0 Å². The molecule has 0 unspecified atom stereocenters. The third kappa shape index (κ3) is 2.54. The summed E-state index contributed by atoms with van der Waals surface area (Å²) in [6.45, 7) is 0. The molecular formula is C15H17N3OS. The molecule has 1 aromatic rings. The monoisotopic (exact) mass is 287 g/mol. The van der Waals surface area contributed by atoms with Crippen LogP contribution < -0.4 is 15.5 Å². The number of anilines is 1. The van der Waals surface area contributed by atoms with Gasteiger partial charge in [-0.25, -0.2) is 0 Å². The van der Waals surface area contributed by atoms with Gasteiger partial charge in [0.05, 0.1) is 12.8 Å². The lowest BCUT2D eigenvalue weighted by Crippen LogP contribution is -2.36. The van der Waals surface area contributed by atoms with Gasteiger partial charge in [-0.3, -0.25) is 5.43 Å². The van der Waals surface area contributed by atoms with Crippen LogP contribution in [0.4, 0.5) is 5.69 Å². The van der Waals surface area contributed by atoms with Gasteiger partial charge >= 0.3 is 0 Å². The third-order valence-corrected chi connectivity index (χ3v) is 4.01. The van der Waals surface area contributed by atoms with E-state index in [1.54, 1.807) is 7.11 Å². The van der Waals surface area contributed by atoms with Crippen molar-refractivity contribution >= 4 is 28.7 Å². The number of rotatable bonds is 3. The predicted octanol–water partition coefficient (Wildman–Crippen LogP) is 2.93. The average Bonchev–Trinajstić information content (AvgIpc) is 2.81. The van der Waals surface area contributed by atoms with Crippen molar-refractivity contribution in [2.24, 2.45) is 16.9 Å². The number of ether oxygens (including phenoxy) is 1. The van der Waals surface area contributed by atoms with Crippen LogP contribution in [0, 0.1) is 11.8 Å². The zero-order chi connectivity index (χ0) is 13.9. The fourth-order valence-corrected chi connectivity index (χ4v) is 2.84. The SMILES string of the molecule is COc1ccccc1NC(=S)N/N=C1/C[C@H]2C=CC[C@@H]12. The fraction of sp³-hybridized carbons (Fsp3) is 0.333. The minimum absolute atomic E-state index is 0.483. The Bertz CT molecular complexity index is 582. The summed E-state index contributed by atoms with van der Waals surface area (Å²) in [7, 11) is 1.64. The van der Waals surface area contributed by atoms with Gasteiger partial charge < -0.3 is 10.1 Å². The smallest absolute Gasteiger partial charge is 0.191 e. The predicted molar refractivity (Wildman–Crippen MR) is 85.1 cm³/mol. The van der Waals surface area contributed by atoms with Crippen LogP contribution in [0.1, 0.15) is 12.8 Å². The molecule has 2 N–H and O–H groups in total. The molecule has 0 radical (unpaired) electrons. The lowest BCUT2D eigenvalue weighted by molar-refractivity contribution is 0.417. The van der Waals surface area contributed by atoms with E-state index < -0.39 is 0 Å². The number of fused-ring (bicyclic) bond motifs is 1. The molecule has 1 aromatic carbocycles. The fourth-order valence-electron chi connectivity index (χ4n) is 2.68. The van der Waals surface area contributed by atoms with Crippen molar-refractivity contribution in [3.05, 3.63) is 36.4 Å². The van der Waals surface area contributed by atoms with Gasteiger partial charge in [-0.05, 0) is 43.1 Å². The minimum Gasteiger partial charge on any atom is -0.495 e. The number of hydrazone groups is 1. The molecule has 2 atom stereocenters. The van der Waals surface area contributed by atoms with Crippen LogP contribution in [0.25, 0.3) is 0 Å². The standard InChI is InChI=1S/C15H17N3OS/c1-19-14-8-3-2-7-12(14)16-15(20)18-17-13-9-10-5-4-6-11(10)13/h2-5,7-8,10-11H,6,9H2,1H3,(H2,16,18,20)/b17-13-/t10-,11-/m1/s1. The summed E-state index contributed by atoms with van der Waals surface area (Å²) in [5.74, 6) is 2.05. The molecule has 0 heterocycles. The molecule has 104 valence electrons. The van der Waals surface area contributed by atoms with Crippen molar-refractivity contribution in [2.75, 3.05) is 12.4 Å². The Balaban J connectivity index is 1.56. The maximum absolute atomic E-state index is 5.27. The molecule has 1 saturated carbocycles. The molecule has 0 bridgehead atoms. The summed E-state index contributed by atoms with van der Waals surface area (Å²) < 4.78 is 5.27. The highest BCUT2D eigenvalue weighted by Gasteiger charge is 2.37. The van der Waals surface area contributed by atoms with Crippen molar-refractivity contribution in [3.63, 3.8) is 0 Å². The Hall–Kier alpha value is -1.88. The minimum atomic E-state index is 0.483. The molecule has 0 saturated heterocycles. The van der Waals surface area contributed by atoms with Crippen molar-refractivity contribution in [3.8, 4) is 5.75 Å². The summed E-state index contributed by atoms with van der Waals surface area (Å²) in [4.78, 5) is 0. The second kappa shape index (κ2) is 5.63. The van der Waals surface area contributed by atoms with Gasteiger partial charge in [0.2, 0.25) is 0 Å². The summed E-state index contributed by atoms with van der Waals surface area (Å²) in [5.41, 5.74) is 4.97. The van der Waals surface area contributed by atoms with Gasteiger partial charge in [0, 0.05) is 11.6 Å². The number of benzene rings is 1. The van der Waals surface area contributed by atoms with Gasteiger partial charge in [-0.15, -0.1) is 0 Å². The van der Waals surface area contributed by atoms with Gasteiger partial charge in [-0.1, -0.05) is 24.3 Å². The molecule has 2 aliphatic rings.